The van der Waals surface area contributed by atoms with Crippen molar-refractivity contribution in [3.8, 4) is 0 Å². The number of rotatable bonds is 10. The molecule has 1 unspecified atom stereocenters. The third-order valence-corrected chi connectivity index (χ3v) is 7.80. The Morgan fingerprint density at radius 1 is 0.884 bits per heavy atom. The fourth-order valence-electron chi connectivity index (χ4n) is 3.92. The van der Waals surface area contributed by atoms with Crippen LogP contribution in [0.5, 0.6) is 0 Å². The van der Waals surface area contributed by atoms with E-state index in [0.717, 1.165) is 10.5 Å². The molecule has 9 nitrogen and oxygen atoms in total. The van der Waals surface area contributed by atoms with Crippen LogP contribution in [0.15, 0.2) is 108 Å². The lowest BCUT2D eigenvalue weighted by atomic mass is 10.1. The molecule has 3 amide bonds. The highest BCUT2D eigenvalue weighted by molar-refractivity contribution is 8.00. The number of benzene rings is 4. The van der Waals surface area contributed by atoms with Crippen molar-refractivity contribution in [2.75, 3.05) is 10.6 Å². The number of nitrogens with one attached hydrogen (secondary N) is 3. The standard InChI is InChI=1S/C32H27ClN4O5S/c1-20-26(33)12-8-13-27(20)35-30(38)21(2)43-25-17-15-24(16-18-25)34-32(40)28(36-31(39)22-9-4-3-5-10-22)19-23-11-6-7-14-29(23)37(41)42/h3-19,21H,1-2H3,(H,34,40)(H,35,38)(H,36,39)/b28-19-. The van der Waals surface area contributed by atoms with Gasteiger partial charge in [0.1, 0.15) is 5.70 Å². The van der Waals surface area contributed by atoms with Gasteiger partial charge in [0.25, 0.3) is 17.5 Å². The van der Waals surface area contributed by atoms with Gasteiger partial charge in [-0.05, 0) is 80.1 Å². The maximum absolute atomic E-state index is 13.3. The molecular formula is C32H27ClN4O5S. The fraction of sp³-hybridized carbons (Fsp3) is 0.0938. The summed E-state index contributed by atoms with van der Waals surface area (Å²) in [6.45, 7) is 3.61. The van der Waals surface area contributed by atoms with Gasteiger partial charge in [-0.1, -0.05) is 48.0 Å². The van der Waals surface area contributed by atoms with Crippen LogP contribution in [0.2, 0.25) is 5.02 Å². The van der Waals surface area contributed by atoms with E-state index in [1.807, 2.05) is 6.92 Å². The van der Waals surface area contributed by atoms with Crippen molar-refractivity contribution in [1.29, 1.82) is 0 Å². The average molecular weight is 615 g/mol. The molecule has 0 aliphatic heterocycles. The van der Waals surface area contributed by atoms with E-state index < -0.39 is 22.0 Å². The van der Waals surface area contributed by atoms with Crippen LogP contribution < -0.4 is 16.0 Å². The van der Waals surface area contributed by atoms with Gasteiger partial charge in [-0.2, -0.15) is 0 Å². The van der Waals surface area contributed by atoms with Gasteiger partial charge in [-0.3, -0.25) is 24.5 Å². The quantitative estimate of drug-likeness (QED) is 0.0757. The number of hydrogen-bond acceptors (Lipinski definition) is 6. The summed E-state index contributed by atoms with van der Waals surface area (Å²) in [5.74, 6) is -1.41. The van der Waals surface area contributed by atoms with Gasteiger partial charge in [-0.15, -0.1) is 11.8 Å². The molecule has 0 fully saturated rings. The van der Waals surface area contributed by atoms with Crippen LogP contribution in [-0.4, -0.2) is 27.9 Å². The lowest BCUT2D eigenvalue weighted by Crippen LogP contribution is -2.30. The smallest absolute Gasteiger partial charge is 0.276 e. The van der Waals surface area contributed by atoms with Gasteiger partial charge >= 0.3 is 0 Å². The highest BCUT2D eigenvalue weighted by Crippen LogP contribution is 2.28. The minimum Gasteiger partial charge on any atom is -0.325 e. The molecule has 43 heavy (non-hydrogen) atoms. The first kappa shape index (κ1) is 31.0. The average Bonchev–Trinajstić information content (AvgIpc) is 3.00. The SMILES string of the molecule is Cc1c(Cl)cccc1NC(=O)C(C)Sc1ccc(NC(=O)/C(=C/c2ccccc2[N+](=O)[O-])NC(=O)c2ccccc2)cc1. The summed E-state index contributed by atoms with van der Waals surface area (Å²) < 4.78 is 0. The molecule has 1 atom stereocenters. The van der Waals surface area contributed by atoms with E-state index in [1.54, 1.807) is 85.8 Å². The van der Waals surface area contributed by atoms with Gasteiger partial charge in [0, 0.05) is 32.9 Å². The van der Waals surface area contributed by atoms with E-state index in [1.165, 1.54) is 36.0 Å². The third-order valence-electron chi connectivity index (χ3n) is 6.28. The number of nitro benzene ring substituents is 1. The molecule has 0 saturated carbocycles. The molecule has 218 valence electrons. The van der Waals surface area contributed by atoms with Crippen LogP contribution in [0.25, 0.3) is 6.08 Å². The monoisotopic (exact) mass is 614 g/mol. The molecule has 4 aromatic carbocycles. The molecule has 0 saturated heterocycles. The summed E-state index contributed by atoms with van der Waals surface area (Å²) >= 11 is 7.49. The highest BCUT2D eigenvalue weighted by atomic mass is 35.5. The first-order valence-electron chi connectivity index (χ1n) is 13.1. The Kier molecular flexibility index (Phi) is 10.3. The van der Waals surface area contributed by atoms with E-state index >= 15 is 0 Å². The lowest BCUT2D eigenvalue weighted by Gasteiger charge is -2.15. The second-order valence-corrected chi connectivity index (χ2v) is 11.2. The van der Waals surface area contributed by atoms with Crippen LogP contribution >= 0.6 is 23.4 Å². The Morgan fingerprint density at radius 3 is 2.26 bits per heavy atom. The lowest BCUT2D eigenvalue weighted by molar-refractivity contribution is -0.385. The van der Waals surface area contributed by atoms with Crippen LogP contribution in [0.3, 0.4) is 0 Å². The van der Waals surface area contributed by atoms with Crippen LogP contribution in [0.1, 0.15) is 28.4 Å². The van der Waals surface area contributed by atoms with Gasteiger partial charge in [0.2, 0.25) is 5.91 Å². The van der Waals surface area contributed by atoms with E-state index in [-0.39, 0.29) is 22.9 Å². The topological polar surface area (TPSA) is 130 Å². The van der Waals surface area contributed by atoms with Crippen molar-refractivity contribution < 1.29 is 19.3 Å². The zero-order chi connectivity index (χ0) is 30.9. The first-order chi connectivity index (χ1) is 20.6. The summed E-state index contributed by atoms with van der Waals surface area (Å²) in [5, 5.41) is 19.9. The normalized spacial score (nSPS) is 11.7. The van der Waals surface area contributed by atoms with E-state index in [2.05, 4.69) is 16.0 Å². The number of carbonyl (C=O) groups excluding carboxylic acids is 3. The molecule has 0 radical (unpaired) electrons. The van der Waals surface area contributed by atoms with E-state index in [0.29, 0.717) is 22.0 Å². The number of carbonyl (C=O) groups is 3. The predicted octanol–water partition coefficient (Wildman–Crippen LogP) is 7.09. The summed E-state index contributed by atoms with van der Waals surface area (Å²) in [5.41, 5.74) is 1.92. The number of thioether (sulfide) groups is 1. The number of amides is 3. The largest absolute Gasteiger partial charge is 0.325 e. The van der Waals surface area contributed by atoms with Gasteiger partial charge in [0.05, 0.1) is 15.7 Å². The fourth-order valence-corrected chi connectivity index (χ4v) is 4.97. The Hall–Kier alpha value is -4.93. The maximum Gasteiger partial charge on any atom is 0.276 e. The molecule has 4 aromatic rings. The number of anilines is 2. The number of hydrogen-bond donors (Lipinski definition) is 3. The van der Waals surface area contributed by atoms with Gasteiger partial charge < -0.3 is 16.0 Å². The molecule has 0 spiro atoms. The molecule has 0 heterocycles. The van der Waals surface area contributed by atoms with E-state index in [9.17, 15) is 24.5 Å². The molecule has 11 heteroatoms. The summed E-state index contributed by atoms with van der Waals surface area (Å²) in [7, 11) is 0. The molecule has 4 rings (SSSR count). The van der Waals surface area contributed by atoms with Crippen molar-refractivity contribution >= 4 is 64.2 Å². The van der Waals surface area contributed by atoms with Crippen LogP contribution in [0.4, 0.5) is 17.1 Å². The summed E-state index contributed by atoms with van der Waals surface area (Å²) in [6, 6.07) is 26.3. The molecule has 0 bridgehead atoms. The van der Waals surface area contributed by atoms with Crippen molar-refractivity contribution in [3.05, 3.63) is 135 Å². The number of nitro groups is 1. The molecular weight excluding hydrogens is 588 g/mol. The van der Waals surface area contributed by atoms with Crippen molar-refractivity contribution in [3.63, 3.8) is 0 Å². The molecule has 0 aliphatic carbocycles. The molecule has 0 aliphatic rings. The summed E-state index contributed by atoms with van der Waals surface area (Å²) in [6.07, 6.45) is 1.26. The Bertz CT molecular complexity index is 1690. The van der Waals surface area contributed by atoms with Crippen LogP contribution in [0, 0.1) is 17.0 Å². The highest BCUT2D eigenvalue weighted by Gasteiger charge is 2.19. The second kappa shape index (κ2) is 14.3. The second-order valence-electron chi connectivity index (χ2n) is 9.33. The number of halogens is 1. The first-order valence-corrected chi connectivity index (χ1v) is 14.3. The Labute approximate surface area is 257 Å². The maximum atomic E-state index is 13.3. The molecule has 0 aromatic heterocycles. The predicted molar refractivity (Wildman–Crippen MR) is 170 cm³/mol. The van der Waals surface area contributed by atoms with Gasteiger partial charge in [0.15, 0.2) is 0 Å². The zero-order valence-corrected chi connectivity index (χ0v) is 24.7. The minimum absolute atomic E-state index is 0.151. The van der Waals surface area contributed by atoms with Crippen molar-refractivity contribution in [2.45, 2.75) is 24.0 Å². The van der Waals surface area contributed by atoms with Crippen molar-refractivity contribution in [1.82, 2.24) is 5.32 Å². The third kappa shape index (κ3) is 8.31. The Morgan fingerprint density at radius 2 is 1.56 bits per heavy atom. The van der Waals surface area contributed by atoms with E-state index in [4.69, 9.17) is 11.6 Å². The Balaban J connectivity index is 1.48. The zero-order valence-electron chi connectivity index (χ0n) is 23.2. The van der Waals surface area contributed by atoms with Crippen molar-refractivity contribution in [2.24, 2.45) is 0 Å². The minimum atomic E-state index is -0.674. The molecule has 3 N–H and O–H groups in total. The summed E-state index contributed by atoms with van der Waals surface area (Å²) in [4.78, 5) is 50.7. The van der Waals surface area contributed by atoms with Gasteiger partial charge in [-0.25, -0.2) is 0 Å². The number of nitrogens with zero attached hydrogens (tertiary/aromatic N) is 1. The van der Waals surface area contributed by atoms with Crippen LogP contribution in [-0.2, 0) is 9.59 Å². The number of para-hydroxylation sites is 1.